The molecule has 136 valence electrons. The van der Waals surface area contributed by atoms with E-state index >= 15 is 0 Å². The summed E-state index contributed by atoms with van der Waals surface area (Å²) in [4.78, 5) is 38.5. The van der Waals surface area contributed by atoms with E-state index in [9.17, 15) is 14.4 Å². The monoisotopic (exact) mass is 354 g/mol. The van der Waals surface area contributed by atoms with Crippen LogP contribution in [0.15, 0.2) is 33.9 Å². The summed E-state index contributed by atoms with van der Waals surface area (Å²) in [5.41, 5.74) is 2.14. The fraction of sp³-hybridized carbons (Fsp3) is 0.474. The van der Waals surface area contributed by atoms with Crippen molar-refractivity contribution in [1.29, 1.82) is 0 Å². The molecule has 0 atom stereocenters. The lowest BCUT2D eigenvalue weighted by Gasteiger charge is -2.29. The van der Waals surface area contributed by atoms with Crippen LogP contribution in [-0.4, -0.2) is 26.7 Å². The normalized spacial score (nSPS) is 22.0. The number of aryl methyl sites for hydroxylation is 2. The molecule has 0 saturated heterocycles. The van der Waals surface area contributed by atoms with Crippen molar-refractivity contribution in [2.75, 3.05) is 0 Å². The molecule has 0 radical (unpaired) electrons. The molecule has 2 aromatic rings. The van der Waals surface area contributed by atoms with Gasteiger partial charge in [-0.05, 0) is 56.6 Å². The minimum Gasteiger partial charge on any atom is -0.348 e. The highest BCUT2D eigenvalue weighted by Gasteiger charge is 2.26. The quantitative estimate of drug-likeness (QED) is 0.869. The zero-order valence-electron chi connectivity index (χ0n) is 14.5. The van der Waals surface area contributed by atoms with E-state index in [4.69, 9.17) is 0 Å². The van der Waals surface area contributed by atoms with E-state index in [0.717, 1.165) is 56.2 Å². The van der Waals surface area contributed by atoms with Crippen LogP contribution in [0.1, 0.15) is 59.9 Å². The van der Waals surface area contributed by atoms with Crippen LogP contribution in [0.25, 0.3) is 0 Å². The minimum atomic E-state index is -0.289. The lowest BCUT2D eigenvalue weighted by molar-refractivity contribution is 0.0916. The molecule has 2 aliphatic carbocycles. The number of nitrogens with one attached hydrogen (secondary N) is 2. The van der Waals surface area contributed by atoms with Crippen LogP contribution < -0.4 is 16.4 Å². The van der Waals surface area contributed by atoms with Crippen molar-refractivity contribution < 1.29 is 4.79 Å². The van der Waals surface area contributed by atoms with Gasteiger partial charge in [-0.1, -0.05) is 6.07 Å². The third-order valence-corrected chi connectivity index (χ3v) is 5.37. The van der Waals surface area contributed by atoms with Gasteiger partial charge in [0.25, 0.3) is 11.5 Å². The predicted molar refractivity (Wildman–Crippen MR) is 96.3 cm³/mol. The van der Waals surface area contributed by atoms with Gasteiger partial charge in [0.15, 0.2) is 0 Å². The van der Waals surface area contributed by atoms with E-state index in [1.54, 1.807) is 22.9 Å². The molecule has 26 heavy (non-hydrogen) atoms. The van der Waals surface area contributed by atoms with E-state index in [0.29, 0.717) is 0 Å². The van der Waals surface area contributed by atoms with Crippen molar-refractivity contribution in [3.05, 3.63) is 61.9 Å². The van der Waals surface area contributed by atoms with E-state index in [-0.39, 0.29) is 34.8 Å². The maximum Gasteiger partial charge on any atom is 0.268 e. The Balaban J connectivity index is 1.39. The van der Waals surface area contributed by atoms with Gasteiger partial charge in [0.1, 0.15) is 5.69 Å². The number of carbonyl (C=O) groups excluding carboxylic acids is 1. The number of fused-ring (bicyclic) bond motifs is 1. The average Bonchev–Trinajstić information content (AvgIpc) is 3.09. The fourth-order valence-corrected chi connectivity index (χ4v) is 3.99. The van der Waals surface area contributed by atoms with E-state index < -0.39 is 0 Å². The Morgan fingerprint density at radius 2 is 1.96 bits per heavy atom. The van der Waals surface area contributed by atoms with Crippen molar-refractivity contribution in [3.8, 4) is 0 Å². The van der Waals surface area contributed by atoms with Crippen molar-refractivity contribution in [2.45, 2.75) is 57.0 Å². The van der Waals surface area contributed by atoms with Gasteiger partial charge in [0.05, 0.1) is 11.7 Å². The van der Waals surface area contributed by atoms with Crippen molar-refractivity contribution >= 4 is 5.91 Å². The summed E-state index contributed by atoms with van der Waals surface area (Å²) < 4.78 is 1.65. The van der Waals surface area contributed by atoms with Gasteiger partial charge < -0.3 is 10.3 Å². The van der Waals surface area contributed by atoms with Crippen LogP contribution in [0.4, 0.5) is 0 Å². The van der Waals surface area contributed by atoms with Gasteiger partial charge in [-0.2, -0.15) is 5.10 Å². The molecule has 1 fully saturated rings. The fourth-order valence-electron chi connectivity index (χ4n) is 3.99. The van der Waals surface area contributed by atoms with Crippen LogP contribution in [-0.2, 0) is 12.8 Å². The second-order valence-electron chi connectivity index (χ2n) is 7.16. The zero-order valence-corrected chi connectivity index (χ0v) is 14.5. The minimum absolute atomic E-state index is 0.0139. The molecule has 2 aromatic heterocycles. The second-order valence-corrected chi connectivity index (χ2v) is 7.16. The molecule has 1 amide bonds. The molecule has 7 heteroatoms. The first-order valence-electron chi connectivity index (χ1n) is 9.22. The predicted octanol–water partition coefficient (Wildman–Crippen LogP) is 1.33. The van der Waals surface area contributed by atoms with Crippen LogP contribution in [0.2, 0.25) is 0 Å². The topological polar surface area (TPSA) is 96.8 Å². The molecule has 2 heterocycles. The molecule has 0 spiro atoms. The Morgan fingerprint density at radius 3 is 2.73 bits per heavy atom. The van der Waals surface area contributed by atoms with Crippen molar-refractivity contribution in [2.24, 2.45) is 0 Å². The third-order valence-electron chi connectivity index (χ3n) is 5.37. The molecule has 0 unspecified atom stereocenters. The highest BCUT2D eigenvalue weighted by Crippen LogP contribution is 2.28. The number of rotatable bonds is 3. The van der Waals surface area contributed by atoms with Crippen LogP contribution >= 0.6 is 0 Å². The number of pyridine rings is 1. The van der Waals surface area contributed by atoms with Gasteiger partial charge >= 0.3 is 0 Å². The molecule has 0 aliphatic heterocycles. The van der Waals surface area contributed by atoms with Gasteiger partial charge in [-0.3, -0.25) is 14.4 Å². The number of aromatic nitrogens is 3. The lowest BCUT2D eigenvalue weighted by atomic mass is 9.91. The Bertz CT molecular complexity index is 938. The van der Waals surface area contributed by atoms with E-state index in [1.807, 2.05) is 0 Å². The number of amides is 1. The smallest absolute Gasteiger partial charge is 0.268 e. The Morgan fingerprint density at radius 1 is 1.15 bits per heavy atom. The van der Waals surface area contributed by atoms with Gasteiger partial charge in [-0.25, -0.2) is 4.68 Å². The second kappa shape index (κ2) is 6.90. The maximum absolute atomic E-state index is 12.4. The van der Waals surface area contributed by atoms with E-state index in [1.165, 1.54) is 6.07 Å². The summed E-state index contributed by atoms with van der Waals surface area (Å²) in [6.07, 6.45) is 6.18. The number of hydrogen-bond acceptors (Lipinski definition) is 4. The summed E-state index contributed by atoms with van der Waals surface area (Å²) in [6.45, 7) is 0. The van der Waals surface area contributed by atoms with Crippen LogP contribution in [0.5, 0.6) is 0 Å². The number of hydrogen-bond donors (Lipinski definition) is 2. The molecule has 7 nitrogen and oxygen atoms in total. The summed E-state index contributed by atoms with van der Waals surface area (Å²) in [7, 11) is 0. The molecule has 1 saturated carbocycles. The Labute approximate surface area is 150 Å². The third kappa shape index (κ3) is 3.34. The first-order chi connectivity index (χ1) is 12.6. The molecule has 0 bridgehead atoms. The first-order valence-corrected chi connectivity index (χ1v) is 9.22. The lowest BCUT2D eigenvalue weighted by Crippen LogP contribution is -2.40. The first kappa shape index (κ1) is 16.8. The molecule has 2 N–H and O–H groups in total. The van der Waals surface area contributed by atoms with Gasteiger partial charge in [-0.15, -0.1) is 0 Å². The Hall–Kier alpha value is -2.70. The molecule has 2 aliphatic rings. The Kier molecular flexibility index (Phi) is 4.44. The highest BCUT2D eigenvalue weighted by atomic mass is 16.2. The largest absolute Gasteiger partial charge is 0.348 e. The molecule has 0 aromatic carbocycles. The maximum atomic E-state index is 12.4. The summed E-state index contributed by atoms with van der Waals surface area (Å²) >= 11 is 0. The van der Waals surface area contributed by atoms with E-state index in [2.05, 4.69) is 15.4 Å². The SMILES string of the molecule is O=C(NC1CCC(n2nc3c(cc2=O)CCC3)CC1)c1cccc(=O)[nH]1. The number of nitrogens with zero attached hydrogens (tertiary/aromatic N) is 2. The van der Waals surface area contributed by atoms with Gasteiger partial charge in [0, 0.05) is 18.2 Å². The molecular weight excluding hydrogens is 332 g/mol. The molecular formula is C19H22N4O3. The average molecular weight is 354 g/mol. The highest BCUT2D eigenvalue weighted by molar-refractivity contribution is 5.92. The molecule has 4 rings (SSSR count). The number of H-pyrrole nitrogens is 1. The number of carbonyl (C=O) groups is 1. The van der Waals surface area contributed by atoms with Crippen LogP contribution in [0, 0.1) is 0 Å². The summed E-state index contributed by atoms with van der Waals surface area (Å²) in [5.74, 6) is -0.265. The standard InChI is InChI=1S/C19H22N4O3/c24-17-6-2-5-16(21-17)19(26)20-13-7-9-14(10-8-13)23-18(25)11-12-3-1-4-15(12)22-23/h2,5-6,11,13-14H,1,3-4,7-10H2,(H,20,26)(H,21,24). The zero-order chi connectivity index (χ0) is 18.1. The van der Waals surface area contributed by atoms with Crippen LogP contribution in [0.3, 0.4) is 0 Å². The van der Waals surface area contributed by atoms with Gasteiger partial charge in [0.2, 0.25) is 5.56 Å². The summed E-state index contributed by atoms with van der Waals surface area (Å²) in [5, 5.41) is 7.57. The van der Waals surface area contributed by atoms with Crippen molar-refractivity contribution in [3.63, 3.8) is 0 Å². The summed E-state index contributed by atoms with van der Waals surface area (Å²) in [6, 6.07) is 6.43. The number of aromatic amines is 1. The van der Waals surface area contributed by atoms with Crippen molar-refractivity contribution in [1.82, 2.24) is 20.1 Å².